The van der Waals surface area contributed by atoms with E-state index >= 15 is 0 Å². The quantitative estimate of drug-likeness (QED) is 0.428. The van der Waals surface area contributed by atoms with Gasteiger partial charge in [-0.25, -0.2) is 9.29 Å². The van der Waals surface area contributed by atoms with Crippen molar-refractivity contribution in [2.24, 2.45) is 5.92 Å². The molecule has 0 radical (unpaired) electrons. The summed E-state index contributed by atoms with van der Waals surface area (Å²) in [7, 11) is 0. The highest BCUT2D eigenvalue weighted by molar-refractivity contribution is 7.97. The molecule has 0 unspecified atom stereocenters. The van der Waals surface area contributed by atoms with Crippen LogP contribution in [0.15, 0.2) is 30.7 Å². The average molecular weight is 466 g/mol. The van der Waals surface area contributed by atoms with Crippen molar-refractivity contribution in [3.8, 4) is 0 Å². The Morgan fingerprint density at radius 1 is 1.13 bits per heavy atom. The number of aromatic nitrogens is 2. The lowest BCUT2D eigenvalue weighted by atomic mass is 10.1. The SMILES string of the molecule is CCC1CC1.FC(F)(F)SN1CCN(Cc2cnc[nH]2)c2ccc(C(F)(F)F)cc2C1. The van der Waals surface area contributed by atoms with Crippen molar-refractivity contribution in [2.75, 3.05) is 18.0 Å². The summed E-state index contributed by atoms with van der Waals surface area (Å²) in [4.78, 5) is 8.52. The van der Waals surface area contributed by atoms with Gasteiger partial charge < -0.3 is 9.88 Å². The van der Waals surface area contributed by atoms with E-state index < -0.39 is 17.2 Å². The lowest BCUT2D eigenvalue weighted by Gasteiger charge is -2.24. The first-order valence-electron chi connectivity index (χ1n) is 9.98. The topological polar surface area (TPSA) is 35.2 Å². The van der Waals surface area contributed by atoms with E-state index in [1.807, 2.05) is 0 Å². The third-order valence-corrected chi connectivity index (χ3v) is 5.91. The van der Waals surface area contributed by atoms with Gasteiger partial charge in [-0.15, -0.1) is 0 Å². The number of hydrogen-bond donors (Lipinski definition) is 1. The summed E-state index contributed by atoms with van der Waals surface area (Å²) < 4.78 is 78.2. The highest BCUT2D eigenvalue weighted by Crippen LogP contribution is 2.39. The van der Waals surface area contributed by atoms with Crippen LogP contribution in [0.3, 0.4) is 0 Å². The van der Waals surface area contributed by atoms with Gasteiger partial charge in [-0.1, -0.05) is 26.2 Å². The van der Waals surface area contributed by atoms with Gasteiger partial charge in [-0.2, -0.15) is 26.3 Å². The van der Waals surface area contributed by atoms with E-state index in [2.05, 4.69) is 16.9 Å². The zero-order chi connectivity index (χ0) is 22.6. The molecule has 1 aromatic heterocycles. The fourth-order valence-electron chi connectivity index (χ4n) is 3.31. The summed E-state index contributed by atoms with van der Waals surface area (Å²) in [5, 5.41) is 0. The molecule has 2 aliphatic rings. The molecule has 2 aromatic rings. The molecule has 1 saturated carbocycles. The third-order valence-electron chi connectivity index (χ3n) is 5.14. The van der Waals surface area contributed by atoms with Gasteiger partial charge in [0.15, 0.2) is 0 Å². The van der Waals surface area contributed by atoms with Crippen molar-refractivity contribution >= 4 is 17.6 Å². The van der Waals surface area contributed by atoms with Gasteiger partial charge >= 0.3 is 11.7 Å². The molecular formula is C20H24F6N4S. The van der Waals surface area contributed by atoms with Gasteiger partial charge in [-0.05, 0) is 29.7 Å². The molecule has 1 aliphatic carbocycles. The first-order chi connectivity index (χ1) is 14.5. The Kier molecular flexibility index (Phi) is 7.46. The summed E-state index contributed by atoms with van der Waals surface area (Å²) in [6, 6.07) is 3.19. The fraction of sp³-hybridized carbons (Fsp3) is 0.550. The maximum absolute atomic E-state index is 13.0. The maximum atomic E-state index is 13.0. The van der Waals surface area contributed by atoms with E-state index in [0.29, 0.717) is 17.9 Å². The Morgan fingerprint density at radius 3 is 2.39 bits per heavy atom. The standard InChI is InChI=1S/C15H14F6N4S.C5H10/c16-14(17,18)11-1-2-13-10(5-11)7-25(26-15(19,20)21)4-3-24(13)8-12-6-22-9-23-12;1-2-5-3-4-5/h1-2,5-6,9H,3-4,7-8H2,(H,22,23);5H,2-4H2,1H3. The van der Waals surface area contributed by atoms with Crippen molar-refractivity contribution in [2.45, 2.75) is 51.0 Å². The van der Waals surface area contributed by atoms with E-state index in [0.717, 1.165) is 22.4 Å². The molecule has 0 atom stereocenters. The number of fused-ring (bicyclic) bond motifs is 1. The lowest BCUT2D eigenvalue weighted by molar-refractivity contribution is -0.137. The van der Waals surface area contributed by atoms with E-state index in [1.165, 1.54) is 31.7 Å². The van der Waals surface area contributed by atoms with Crippen LogP contribution in [0.25, 0.3) is 0 Å². The number of alkyl halides is 6. The number of anilines is 1. The summed E-state index contributed by atoms with van der Waals surface area (Å²) in [6.07, 6.45) is 2.91. The maximum Gasteiger partial charge on any atom is 0.456 e. The first-order valence-corrected chi connectivity index (χ1v) is 10.8. The highest BCUT2D eigenvalue weighted by atomic mass is 32.2. The summed E-state index contributed by atoms with van der Waals surface area (Å²) in [5.41, 5.74) is -3.98. The molecular weight excluding hydrogens is 442 g/mol. The van der Waals surface area contributed by atoms with E-state index in [4.69, 9.17) is 0 Å². The van der Waals surface area contributed by atoms with Crippen LogP contribution in [0, 0.1) is 5.92 Å². The second kappa shape index (κ2) is 9.72. The van der Waals surface area contributed by atoms with Crippen LogP contribution in [0.2, 0.25) is 0 Å². The number of nitrogens with zero attached hydrogens (tertiary/aromatic N) is 3. The van der Waals surface area contributed by atoms with Gasteiger partial charge in [0.25, 0.3) is 0 Å². The molecule has 1 N–H and O–H groups in total. The summed E-state index contributed by atoms with van der Waals surface area (Å²) in [6.45, 7) is 2.62. The normalized spacial score (nSPS) is 17.6. The van der Waals surface area contributed by atoms with Crippen LogP contribution in [0.4, 0.5) is 32.0 Å². The largest absolute Gasteiger partial charge is 0.456 e. The molecule has 31 heavy (non-hydrogen) atoms. The molecule has 1 fully saturated rings. The van der Waals surface area contributed by atoms with Crippen molar-refractivity contribution in [3.63, 3.8) is 0 Å². The van der Waals surface area contributed by atoms with E-state index in [1.54, 1.807) is 11.1 Å². The molecule has 1 aliphatic heterocycles. The van der Waals surface area contributed by atoms with Crippen LogP contribution in [0.1, 0.15) is 43.0 Å². The molecule has 4 nitrogen and oxygen atoms in total. The molecule has 0 amide bonds. The summed E-state index contributed by atoms with van der Waals surface area (Å²) in [5.74, 6) is 1.13. The van der Waals surface area contributed by atoms with E-state index in [-0.39, 0.29) is 37.1 Å². The zero-order valence-corrected chi connectivity index (χ0v) is 17.7. The van der Waals surface area contributed by atoms with Crippen LogP contribution >= 0.6 is 11.9 Å². The minimum Gasteiger partial charge on any atom is -0.364 e. The molecule has 11 heteroatoms. The summed E-state index contributed by atoms with van der Waals surface area (Å²) >= 11 is -0.317. The Balaban J connectivity index is 0.000000478. The number of aromatic amines is 1. The van der Waals surface area contributed by atoms with Crippen LogP contribution in [-0.2, 0) is 19.3 Å². The number of hydrogen-bond acceptors (Lipinski definition) is 4. The average Bonchev–Trinajstić information content (AvgIpc) is 3.41. The van der Waals surface area contributed by atoms with Gasteiger partial charge in [-0.3, -0.25) is 0 Å². The Labute approximate surface area is 181 Å². The monoisotopic (exact) mass is 466 g/mol. The predicted octanol–water partition coefficient (Wildman–Crippen LogP) is 6.23. The number of imidazole rings is 1. The number of benzene rings is 1. The minimum atomic E-state index is -4.56. The Morgan fingerprint density at radius 2 is 1.87 bits per heavy atom. The highest BCUT2D eigenvalue weighted by Gasteiger charge is 2.36. The van der Waals surface area contributed by atoms with Gasteiger partial charge in [0, 0.05) is 43.5 Å². The van der Waals surface area contributed by atoms with Crippen LogP contribution < -0.4 is 4.90 Å². The molecule has 0 spiro atoms. The van der Waals surface area contributed by atoms with E-state index in [9.17, 15) is 26.3 Å². The smallest absolute Gasteiger partial charge is 0.364 e. The van der Waals surface area contributed by atoms with Crippen LogP contribution in [-0.4, -0.2) is 32.9 Å². The number of halogens is 6. The molecule has 2 heterocycles. The predicted molar refractivity (Wildman–Crippen MR) is 108 cm³/mol. The molecule has 0 bridgehead atoms. The molecule has 172 valence electrons. The number of rotatable bonds is 4. The first kappa shape index (κ1) is 23.8. The molecule has 1 aromatic carbocycles. The molecule has 0 saturated heterocycles. The minimum absolute atomic E-state index is 0.0499. The Hall–Kier alpha value is -1.88. The van der Waals surface area contributed by atoms with Crippen molar-refractivity contribution < 1.29 is 26.3 Å². The fourth-order valence-corrected chi connectivity index (χ4v) is 3.98. The van der Waals surface area contributed by atoms with Crippen molar-refractivity contribution in [3.05, 3.63) is 47.5 Å². The van der Waals surface area contributed by atoms with Crippen molar-refractivity contribution in [1.82, 2.24) is 14.3 Å². The number of H-pyrrole nitrogens is 1. The van der Waals surface area contributed by atoms with Gasteiger partial charge in [0.2, 0.25) is 0 Å². The van der Waals surface area contributed by atoms with Crippen molar-refractivity contribution in [1.29, 1.82) is 0 Å². The lowest BCUT2D eigenvalue weighted by Crippen LogP contribution is -2.29. The van der Waals surface area contributed by atoms with Crippen LogP contribution in [0.5, 0.6) is 0 Å². The second-order valence-electron chi connectivity index (χ2n) is 7.59. The van der Waals surface area contributed by atoms with Gasteiger partial charge in [0.05, 0.1) is 24.1 Å². The zero-order valence-electron chi connectivity index (χ0n) is 16.9. The second-order valence-corrected chi connectivity index (χ2v) is 8.75. The third kappa shape index (κ3) is 7.34. The number of nitrogens with one attached hydrogen (secondary N) is 1. The Bertz CT molecular complexity index is 833. The molecule has 4 rings (SSSR count). The van der Waals surface area contributed by atoms with Gasteiger partial charge in [0.1, 0.15) is 0 Å².